The van der Waals surface area contributed by atoms with E-state index in [0.29, 0.717) is 17.9 Å². The van der Waals surface area contributed by atoms with E-state index in [1.807, 2.05) is 6.92 Å². The van der Waals surface area contributed by atoms with Crippen LogP contribution in [0.5, 0.6) is 11.5 Å². The van der Waals surface area contributed by atoms with Crippen LogP contribution in [0.3, 0.4) is 0 Å². The number of amides is 1. The number of nitrogens with two attached hydrogens (primary N) is 1. The quantitative estimate of drug-likeness (QED) is 0.288. The fourth-order valence-corrected chi connectivity index (χ4v) is 3.38. The molecule has 0 aromatic heterocycles. The highest BCUT2D eigenvalue weighted by atomic mass is 16.5. The third-order valence-corrected chi connectivity index (χ3v) is 4.87. The first-order valence-electron chi connectivity index (χ1n) is 9.88. The molecule has 0 radical (unpaired) electrons. The van der Waals surface area contributed by atoms with E-state index in [1.54, 1.807) is 12.1 Å². The molecular weight excluding hydrogens is 408 g/mol. The number of carbonyl (C=O) groups is 3. The lowest BCUT2D eigenvalue weighted by atomic mass is 9.77. The van der Waals surface area contributed by atoms with E-state index in [1.165, 1.54) is 19.1 Å². The highest BCUT2D eigenvalue weighted by Gasteiger charge is 2.50. The summed E-state index contributed by atoms with van der Waals surface area (Å²) in [7, 11) is 0. The van der Waals surface area contributed by atoms with Crippen molar-refractivity contribution in [2.24, 2.45) is 5.73 Å². The zero-order valence-corrected chi connectivity index (χ0v) is 17.4. The van der Waals surface area contributed by atoms with Crippen molar-refractivity contribution < 1.29 is 39.2 Å². The Morgan fingerprint density at radius 3 is 2.61 bits per heavy atom. The molecular formula is C21H28N2O8. The maximum absolute atomic E-state index is 12.3. The van der Waals surface area contributed by atoms with Crippen molar-refractivity contribution >= 4 is 23.9 Å². The van der Waals surface area contributed by atoms with Gasteiger partial charge in [-0.3, -0.25) is 4.79 Å². The number of phenols is 1. The zero-order valence-electron chi connectivity index (χ0n) is 17.4. The summed E-state index contributed by atoms with van der Waals surface area (Å²) in [5, 5.41) is 32.2. The van der Waals surface area contributed by atoms with E-state index in [4.69, 9.17) is 15.2 Å². The van der Waals surface area contributed by atoms with Gasteiger partial charge in [-0.25, -0.2) is 9.59 Å². The third-order valence-electron chi connectivity index (χ3n) is 4.87. The molecule has 0 heterocycles. The van der Waals surface area contributed by atoms with Gasteiger partial charge in [0.1, 0.15) is 6.10 Å². The summed E-state index contributed by atoms with van der Waals surface area (Å²) in [4.78, 5) is 35.2. The Kier molecular flexibility index (Phi) is 8.01. The van der Waals surface area contributed by atoms with Gasteiger partial charge in [-0.15, -0.1) is 0 Å². The molecule has 6 N–H and O–H groups in total. The van der Waals surface area contributed by atoms with Crippen molar-refractivity contribution in [3.8, 4) is 11.5 Å². The van der Waals surface area contributed by atoms with Crippen LogP contribution in [-0.2, 0) is 19.1 Å². The average molecular weight is 436 g/mol. The number of rotatable bonds is 8. The number of ether oxygens (including phenoxy) is 2. The topological polar surface area (TPSA) is 168 Å². The largest absolute Gasteiger partial charge is 0.504 e. The Labute approximate surface area is 179 Å². The lowest BCUT2D eigenvalue weighted by molar-refractivity contribution is -0.174. The van der Waals surface area contributed by atoms with Crippen molar-refractivity contribution in [2.45, 2.75) is 56.9 Å². The Morgan fingerprint density at radius 1 is 1.32 bits per heavy atom. The molecule has 0 aliphatic heterocycles. The maximum atomic E-state index is 12.3. The monoisotopic (exact) mass is 436 g/mol. The van der Waals surface area contributed by atoms with Crippen LogP contribution in [0.15, 0.2) is 24.3 Å². The number of aromatic hydroxyl groups is 1. The minimum Gasteiger partial charge on any atom is -0.504 e. The van der Waals surface area contributed by atoms with Gasteiger partial charge in [0.2, 0.25) is 5.91 Å². The summed E-state index contributed by atoms with van der Waals surface area (Å²) in [5.74, 6) is -2.50. The van der Waals surface area contributed by atoms with Gasteiger partial charge in [-0.2, -0.15) is 0 Å². The highest BCUT2D eigenvalue weighted by Crippen LogP contribution is 2.31. The summed E-state index contributed by atoms with van der Waals surface area (Å²) in [6.45, 7) is 3.65. The van der Waals surface area contributed by atoms with E-state index in [0.717, 1.165) is 12.5 Å². The average Bonchev–Trinajstić information content (AvgIpc) is 2.68. The molecule has 0 unspecified atom stereocenters. The molecule has 0 bridgehead atoms. The van der Waals surface area contributed by atoms with Crippen LogP contribution >= 0.6 is 0 Å². The van der Waals surface area contributed by atoms with E-state index in [2.05, 4.69) is 5.32 Å². The van der Waals surface area contributed by atoms with Gasteiger partial charge in [-0.1, -0.05) is 13.0 Å². The third kappa shape index (κ3) is 6.43. The number of aliphatic hydroxyl groups is 1. The molecule has 1 aromatic rings. The second-order valence-electron chi connectivity index (χ2n) is 7.52. The van der Waals surface area contributed by atoms with Gasteiger partial charge >= 0.3 is 11.9 Å². The fourth-order valence-electron chi connectivity index (χ4n) is 3.38. The first kappa shape index (κ1) is 24.2. The minimum atomic E-state index is -2.18. The van der Waals surface area contributed by atoms with Gasteiger partial charge in [0.25, 0.3) is 0 Å². The summed E-state index contributed by atoms with van der Waals surface area (Å²) in [6.07, 6.45) is 1.39. The molecule has 10 heteroatoms. The predicted octanol–water partition coefficient (Wildman–Crippen LogP) is 0.548. The first-order chi connectivity index (χ1) is 14.6. The van der Waals surface area contributed by atoms with Gasteiger partial charge in [0, 0.05) is 31.9 Å². The predicted molar refractivity (Wildman–Crippen MR) is 110 cm³/mol. The van der Waals surface area contributed by atoms with Crippen molar-refractivity contribution in [2.75, 3.05) is 6.61 Å². The summed E-state index contributed by atoms with van der Waals surface area (Å²) in [6, 6.07) is 2.82. The lowest BCUT2D eigenvalue weighted by Crippen LogP contribution is -2.64. The summed E-state index contributed by atoms with van der Waals surface area (Å²) in [5.41, 5.74) is 4.27. The molecule has 1 aromatic carbocycles. The second-order valence-corrected chi connectivity index (χ2v) is 7.52. The van der Waals surface area contributed by atoms with Crippen LogP contribution in [0.25, 0.3) is 6.08 Å². The zero-order chi connectivity index (χ0) is 23.2. The van der Waals surface area contributed by atoms with Gasteiger partial charge in [0.15, 0.2) is 17.1 Å². The van der Waals surface area contributed by atoms with Gasteiger partial charge < -0.3 is 35.8 Å². The number of carboxylic acids is 1. The number of hydrogen-bond acceptors (Lipinski definition) is 8. The van der Waals surface area contributed by atoms with Crippen molar-refractivity contribution in [1.82, 2.24) is 5.32 Å². The van der Waals surface area contributed by atoms with Gasteiger partial charge in [-0.05, 0) is 30.2 Å². The Morgan fingerprint density at radius 2 is 2.03 bits per heavy atom. The highest BCUT2D eigenvalue weighted by molar-refractivity contribution is 5.87. The standard InChI is InChI=1S/C21H28N2O8/c1-3-8-30-16-6-4-13(9-15(16)25)5-7-18(26)31-17-11-21(29,20(27)28)10-14(22)19(17)23-12(2)24/h4-7,9,14,17,19,25,29H,3,8,10-11,22H2,1-2H3,(H,23,24)(H,27,28)/b7-5+/t14-,17-,19+,21+/m1/s1. The van der Waals surface area contributed by atoms with Crippen LogP contribution < -0.4 is 15.8 Å². The van der Waals surface area contributed by atoms with Crippen molar-refractivity contribution in [1.29, 1.82) is 0 Å². The maximum Gasteiger partial charge on any atom is 0.335 e. The molecule has 4 atom stereocenters. The van der Waals surface area contributed by atoms with E-state index >= 15 is 0 Å². The minimum absolute atomic E-state index is 0.0838. The van der Waals surface area contributed by atoms with Crippen LogP contribution in [-0.4, -0.2) is 63.6 Å². The molecule has 1 saturated carbocycles. The van der Waals surface area contributed by atoms with E-state index in [9.17, 15) is 29.7 Å². The number of benzene rings is 1. The van der Waals surface area contributed by atoms with Crippen LogP contribution in [0, 0.1) is 0 Å². The second kappa shape index (κ2) is 10.3. The van der Waals surface area contributed by atoms with Gasteiger partial charge in [0.05, 0.1) is 12.6 Å². The molecule has 1 aliphatic carbocycles. The molecule has 0 spiro atoms. The number of hydrogen-bond donors (Lipinski definition) is 5. The lowest BCUT2D eigenvalue weighted by Gasteiger charge is -2.42. The molecule has 1 amide bonds. The van der Waals surface area contributed by atoms with E-state index < -0.39 is 48.1 Å². The first-order valence-corrected chi connectivity index (χ1v) is 9.88. The Bertz CT molecular complexity index is 856. The summed E-state index contributed by atoms with van der Waals surface area (Å²) >= 11 is 0. The molecule has 10 nitrogen and oxygen atoms in total. The van der Waals surface area contributed by atoms with Crippen molar-refractivity contribution in [3.63, 3.8) is 0 Å². The van der Waals surface area contributed by atoms with Crippen LogP contribution in [0.4, 0.5) is 0 Å². The van der Waals surface area contributed by atoms with E-state index in [-0.39, 0.29) is 12.2 Å². The number of aliphatic carboxylic acids is 1. The molecule has 31 heavy (non-hydrogen) atoms. The van der Waals surface area contributed by atoms with Crippen LogP contribution in [0.2, 0.25) is 0 Å². The molecule has 2 rings (SSSR count). The molecule has 1 aliphatic rings. The molecule has 1 fully saturated rings. The number of nitrogens with one attached hydrogen (secondary N) is 1. The van der Waals surface area contributed by atoms with Crippen LogP contribution in [0.1, 0.15) is 38.7 Å². The Balaban J connectivity index is 2.12. The Hall–Kier alpha value is -3.11. The molecule has 170 valence electrons. The summed E-state index contributed by atoms with van der Waals surface area (Å²) < 4.78 is 10.7. The van der Waals surface area contributed by atoms with Crippen molar-refractivity contribution in [3.05, 3.63) is 29.8 Å². The number of carbonyl (C=O) groups excluding carboxylic acids is 2. The number of esters is 1. The number of phenolic OH excluding ortho intramolecular Hbond substituents is 1. The number of carboxylic acid groups (broad SMARTS) is 1. The SMILES string of the molecule is CCCOc1ccc(/C=C/C(=O)O[C@@H]2C[C@](O)(C(=O)O)C[C@@H](N)[C@@H]2NC(C)=O)cc1O. The smallest absolute Gasteiger partial charge is 0.335 e. The normalized spacial score (nSPS) is 25.7. The fraction of sp³-hybridized carbons (Fsp3) is 0.476. The molecule has 0 saturated heterocycles.